The minimum atomic E-state index is 0.293. The largest absolute Gasteiger partial charge is 0.489 e. The van der Waals surface area contributed by atoms with Gasteiger partial charge < -0.3 is 10.1 Å². The minimum absolute atomic E-state index is 0.293. The number of benzene rings is 1. The lowest BCUT2D eigenvalue weighted by atomic mass is 10.1. The van der Waals surface area contributed by atoms with E-state index in [0.717, 1.165) is 12.3 Å². The molecule has 88 valence electrons. The fraction of sp³-hybridized carbons (Fsp3) is 0.385. The van der Waals surface area contributed by atoms with Gasteiger partial charge in [0.25, 0.3) is 0 Å². The summed E-state index contributed by atoms with van der Waals surface area (Å²) in [5.74, 6) is 0.908. The van der Waals surface area contributed by atoms with Crippen molar-refractivity contribution in [2.45, 2.75) is 19.9 Å². The molecule has 2 nitrogen and oxygen atoms in total. The van der Waals surface area contributed by atoms with Crippen molar-refractivity contribution in [3.05, 3.63) is 41.4 Å². The molecule has 0 radical (unpaired) electrons. The number of hydrogen-bond acceptors (Lipinski definition) is 2. The SMILES string of the molecule is CCNC(C)c1ccccc1OC/C=C/Cl. The van der Waals surface area contributed by atoms with Gasteiger partial charge in [0.1, 0.15) is 12.4 Å². The first-order valence-electron chi connectivity index (χ1n) is 5.50. The Labute approximate surface area is 102 Å². The van der Waals surface area contributed by atoms with Crippen LogP contribution in [0.15, 0.2) is 35.9 Å². The van der Waals surface area contributed by atoms with E-state index < -0.39 is 0 Å². The number of ether oxygens (including phenoxy) is 1. The molecule has 16 heavy (non-hydrogen) atoms. The zero-order valence-corrected chi connectivity index (χ0v) is 10.5. The second kappa shape index (κ2) is 7.31. The van der Waals surface area contributed by atoms with E-state index in [4.69, 9.17) is 16.3 Å². The molecule has 1 aromatic rings. The maximum atomic E-state index is 5.63. The molecule has 0 aromatic heterocycles. The van der Waals surface area contributed by atoms with Crippen molar-refractivity contribution < 1.29 is 4.74 Å². The lowest BCUT2D eigenvalue weighted by molar-refractivity contribution is 0.354. The summed E-state index contributed by atoms with van der Waals surface area (Å²) in [6.45, 7) is 5.66. The second-order valence-electron chi connectivity index (χ2n) is 3.49. The molecule has 1 aromatic carbocycles. The van der Waals surface area contributed by atoms with Gasteiger partial charge >= 0.3 is 0 Å². The van der Waals surface area contributed by atoms with E-state index in [9.17, 15) is 0 Å². The van der Waals surface area contributed by atoms with Crippen LogP contribution in [0.2, 0.25) is 0 Å². The Morgan fingerprint density at radius 1 is 1.44 bits per heavy atom. The van der Waals surface area contributed by atoms with Gasteiger partial charge in [0, 0.05) is 17.1 Å². The van der Waals surface area contributed by atoms with Gasteiger partial charge in [-0.25, -0.2) is 0 Å². The van der Waals surface area contributed by atoms with Crippen molar-refractivity contribution in [3.63, 3.8) is 0 Å². The summed E-state index contributed by atoms with van der Waals surface area (Å²) in [5, 5.41) is 3.37. The first-order valence-corrected chi connectivity index (χ1v) is 5.93. The Morgan fingerprint density at radius 3 is 2.88 bits per heavy atom. The molecule has 1 rings (SSSR count). The van der Waals surface area contributed by atoms with Crippen LogP contribution >= 0.6 is 11.6 Å². The summed E-state index contributed by atoms with van der Waals surface area (Å²) in [4.78, 5) is 0. The predicted octanol–water partition coefficient (Wildman–Crippen LogP) is 3.49. The fourth-order valence-electron chi connectivity index (χ4n) is 1.56. The van der Waals surface area contributed by atoms with E-state index >= 15 is 0 Å². The van der Waals surface area contributed by atoms with E-state index in [0.29, 0.717) is 12.6 Å². The van der Waals surface area contributed by atoms with Crippen LogP contribution in [0.25, 0.3) is 0 Å². The highest BCUT2D eigenvalue weighted by Crippen LogP contribution is 2.24. The summed E-state index contributed by atoms with van der Waals surface area (Å²) in [5.41, 5.74) is 2.64. The number of rotatable bonds is 6. The summed E-state index contributed by atoms with van der Waals surface area (Å²) in [6.07, 6.45) is 1.77. The molecule has 1 atom stereocenters. The third-order valence-electron chi connectivity index (χ3n) is 2.32. The highest BCUT2D eigenvalue weighted by Gasteiger charge is 2.09. The minimum Gasteiger partial charge on any atom is -0.489 e. The number of para-hydroxylation sites is 1. The van der Waals surface area contributed by atoms with Crippen LogP contribution in [0.4, 0.5) is 0 Å². The third kappa shape index (κ3) is 3.87. The Bertz CT molecular complexity index is 338. The van der Waals surface area contributed by atoms with Gasteiger partial charge in [-0.1, -0.05) is 36.7 Å². The molecule has 1 N–H and O–H groups in total. The topological polar surface area (TPSA) is 21.3 Å². The summed E-state index contributed by atoms with van der Waals surface area (Å²) in [7, 11) is 0. The van der Waals surface area contributed by atoms with E-state index in [1.165, 1.54) is 11.1 Å². The zero-order chi connectivity index (χ0) is 11.8. The molecule has 0 spiro atoms. The third-order valence-corrected chi connectivity index (χ3v) is 2.50. The van der Waals surface area contributed by atoms with Crippen molar-refractivity contribution in [2.75, 3.05) is 13.2 Å². The van der Waals surface area contributed by atoms with E-state index in [1.807, 2.05) is 18.2 Å². The molecule has 0 bridgehead atoms. The van der Waals surface area contributed by atoms with E-state index in [-0.39, 0.29) is 0 Å². The fourth-order valence-corrected chi connectivity index (χ4v) is 1.63. The molecule has 0 amide bonds. The standard InChI is InChI=1S/C13H18ClNO/c1-3-15-11(2)12-7-4-5-8-13(12)16-10-6-9-14/h4-9,11,15H,3,10H2,1-2H3/b9-6+. The lowest BCUT2D eigenvalue weighted by Crippen LogP contribution is -2.18. The van der Waals surface area contributed by atoms with Gasteiger partial charge in [-0.3, -0.25) is 0 Å². The highest BCUT2D eigenvalue weighted by molar-refractivity contribution is 6.25. The summed E-state index contributed by atoms with van der Waals surface area (Å²) < 4.78 is 5.63. The molecule has 3 heteroatoms. The number of hydrogen-bond donors (Lipinski definition) is 1. The van der Waals surface area contributed by atoms with E-state index in [1.54, 1.807) is 6.08 Å². The quantitative estimate of drug-likeness (QED) is 0.821. The Hall–Kier alpha value is -0.990. The van der Waals surface area contributed by atoms with Crippen molar-refractivity contribution in [3.8, 4) is 5.75 Å². The molecular weight excluding hydrogens is 222 g/mol. The number of nitrogens with one attached hydrogen (secondary N) is 1. The molecule has 0 fully saturated rings. The summed E-state index contributed by atoms with van der Waals surface area (Å²) in [6, 6.07) is 8.34. The van der Waals surface area contributed by atoms with Gasteiger partial charge in [-0.2, -0.15) is 0 Å². The van der Waals surface area contributed by atoms with Crippen LogP contribution in [-0.4, -0.2) is 13.2 Å². The van der Waals surface area contributed by atoms with Crippen LogP contribution in [-0.2, 0) is 0 Å². The highest BCUT2D eigenvalue weighted by atomic mass is 35.5. The van der Waals surface area contributed by atoms with Crippen LogP contribution in [0.5, 0.6) is 5.75 Å². The smallest absolute Gasteiger partial charge is 0.124 e. The molecular formula is C13H18ClNO. The van der Waals surface area contributed by atoms with Crippen LogP contribution in [0.3, 0.4) is 0 Å². The second-order valence-corrected chi connectivity index (χ2v) is 3.74. The van der Waals surface area contributed by atoms with Crippen molar-refractivity contribution in [2.24, 2.45) is 0 Å². The Kier molecular flexibility index (Phi) is 5.98. The van der Waals surface area contributed by atoms with Crippen LogP contribution in [0.1, 0.15) is 25.5 Å². The van der Waals surface area contributed by atoms with E-state index in [2.05, 4.69) is 25.2 Å². The van der Waals surface area contributed by atoms with Gasteiger partial charge in [0.2, 0.25) is 0 Å². The van der Waals surface area contributed by atoms with Crippen LogP contribution in [0, 0.1) is 0 Å². The van der Waals surface area contributed by atoms with Gasteiger partial charge in [0.15, 0.2) is 0 Å². The molecule has 0 aliphatic carbocycles. The average molecular weight is 240 g/mol. The Balaban J connectivity index is 2.74. The lowest BCUT2D eigenvalue weighted by Gasteiger charge is -2.16. The maximum Gasteiger partial charge on any atom is 0.124 e. The summed E-state index contributed by atoms with van der Waals surface area (Å²) >= 11 is 5.45. The molecule has 0 aliphatic heterocycles. The van der Waals surface area contributed by atoms with Gasteiger partial charge in [-0.05, 0) is 25.6 Å². The molecule has 1 unspecified atom stereocenters. The van der Waals surface area contributed by atoms with Gasteiger partial charge in [-0.15, -0.1) is 0 Å². The predicted molar refractivity (Wildman–Crippen MR) is 69.0 cm³/mol. The molecule has 0 saturated carbocycles. The molecule has 0 aliphatic rings. The average Bonchev–Trinajstić information content (AvgIpc) is 2.30. The number of halogens is 1. The van der Waals surface area contributed by atoms with Crippen molar-refractivity contribution in [1.82, 2.24) is 5.32 Å². The van der Waals surface area contributed by atoms with Crippen LogP contribution < -0.4 is 10.1 Å². The van der Waals surface area contributed by atoms with Gasteiger partial charge in [0.05, 0.1) is 0 Å². The normalized spacial score (nSPS) is 12.9. The molecule has 0 saturated heterocycles. The zero-order valence-electron chi connectivity index (χ0n) is 9.74. The molecule has 0 heterocycles. The Morgan fingerprint density at radius 2 is 2.19 bits per heavy atom. The first-order chi connectivity index (χ1) is 7.79. The monoisotopic (exact) mass is 239 g/mol. The van der Waals surface area contributed by atoms with Crippen molar-refractivity contribution >= 4 is 11.6 Å². The first kappa shape index (κ1) is 13.1. The maximum absolute atomic E-state index is 5.63. The van der Waals surface area contributed by atoms with Crippen molar-refractivity contribution in [1.29, 1.82) is 0 Å².